The van der Waals surface area contributed by atoms with E-state index < -0.39 is 0 Å². The third-order valence-electron chi connectivity index (χ3n) is 3.26. The summed E-state index contributed by atoms with van der Waals surface area (Å²) in [5, 5.41) is 3.29. The van der Waals surface area contributed by atoms with E-state index >= 15 is 0 Å². The lowest BCUT2D eigenvalue weighted by Gasteiger charge is -2.16. The van der Waals surface area contributed by atoms with Crippen molar-refractivity contribution in [3.8, 4) is 0 Å². The number of carbonyl (C=O) groups is 1. The van der Waals surface area contributed by atoms with Gasteiger partial charge in [-0.05, 0) is 48.9 Å². The van der Waals surface area contributed by atoms with Crippen molar-refractivity contribution in [2.75, 3.05) is 5.32 Å². The SMILES string of the molecule is CCC(=O)c1ccc(NC(C)c2cccc(F)c2)cc1. The molecule has 0 bridgehead atoms. The Balaban J connectivity index is 2.08. The smallest absolute Gasteiger partial charge is 0.162 e. The van der Waals surface area contributed by atoms with E-state index in [9.17, 15) is 9.18 Å². The molecule has 0 fully saturated rings. The Morgan fingerprint density at radius 1 is 1.20 bits per heavy atom. The molecule has 0 saturated heterocycles. The Bertz CT molecular complexity index is 592. The molecule has 1 N–H and O–H groups in total. The first kappa shape index (κ1) is 14.3. The summed E-state index contributed by atoms with van der Waals surface area (Å²) in [4.78, 5) is 11.5. The van der Waals surface area contributed by atoms with Crippen molar-refractivity contribution < 1.29 is 9.18 Å². The number of Topliss-reactive ketones (excluding diaryl/α,β-unsaturated/α-hetero) is 1. The van der Waals surface area contributed by atoms with E-state index in [0.29, 0.717) is 6.42 Å². The number of anilines is 1. The van der Waals surface area contributed by atoms with Crippen molar-refractivity contribution in [2.24, 2.45) is 0 Å². The Morgan fingerprint density at radius 2 is 1.90 bits per heavy atom. The lowest BCUT2D eigenvalue weighted by Crippen LogP contribution is -2.07. The second-order valence-corrected chi connectivity index (χ2v) is 4.78. The largest absolute Gasteiger partial charge is 0.379 e. The Kier molecular flexibility index (Phi) is 4.51. The maximum atomic E-state index is 13.2. The fraction of sp³-hybridized carbons (Fsp3) is 0.235. The Hall–Kier alpha value is -2.16. The molecule has 0 aliphatic rings. The summed E-state index contributed by atoms with van der Waals surface area (Å²) in [5.41, 5.74) is 2.52. The monoisotopic (exact) mass is 271 g/mol. The first-order valence-electron chi connectivity index (χ1n) is 6.75. The van der Waals surface area contributed by atoms with Crippen LogP contribution in [0.4, 0.5) is 10.1 Å². The second-order valence-electron chi connectivity index (χ2n) is 4.78. The molecule has 104 valence electrons. The molecule has 20 heavy (non-hydrogen) atoms. The number of nitrogens with one attached hydrogen (secondary N) is 1. The third-order valence-corrected chi connectivity index (χ3v) is 3.26. The standard InChI is InChI=1S/C17H18FNO/c1-3-17(20)13-7-9-16(10-8-13)19-12(2)14-5-4-6-15(18)11-14/h4-12,19H,3H2,1-2H3. The normalized spacial score (nSPS) is 11.9. The van der Waals surface area contributed by atoms with E-state index in [0.717, 1.165) is 16.8 Å². The van der Waals surface area contributed by atoms with Gasteiger partial charge in [-0.3, -0.25) is 4.79 Å². The van der Waals surface area contributed by atoms with Crippen molar-refractivity contribution in [2.45, 2.75) is 26.3 Å². The molecule has 3 heteroatoms. The van der Waals surface area contributed by atoms with Crippen LogP contribution in [0.3, 0.4) is 0 Å². The molecular formula is C17H18FNO. The molecular weight excluding hydrogens is 253 g/mol. The second kappa shape index (κ2) is 6.33. The summed E-state index contributed by atoms with van der Waals surface area (Å²) in [5.74, 6) is -0.102. The number of hydrogen-bond donors (Lipinski definition) is 1. The maximum Gasteiger partial charge on any atom is 0.162 e. The van der Waals surface area contributed by atoms with Gasteiger partial charge in [-0.2, -0.15) is 0 Å². The van der Waals surface area contributed by atoms with Gasteiger partial charge in [-0.25, -0.2) is 4.39 Å². The van der Waals surface area contributed by atoms with Gasteiger partial charge in [0, 0.05) is 23.7 Å². The number of carbonyl (C=O) groups excluding carboxylic acids is 1. The summed E-state index contributed by atoms with van der Waals surface area (Å²) in [7, 11) is 0. The van der Waals surface area contributed by atoms with E-state index in [4.69, 9.17) is 0 Å². The summed E-state index contributed by atoms with van der Waals surface area (Å²) in [6.07, 6.45) is 0.506. The van der Waals surface area contributed by atoms with E-state index in [1.165, 1.54) is 12.1 Å². The van der Waals surface area contributed by atoms with Crippen LogP contribution >= 0.6 is 0 Å². The minimum absolute atomic E-state index is 0.00146. The molecule has 0 amide bonds. The molecule has 0 aromatic heterocycles. The zero-order valence-corrected chi connectivity index (χ0v) is 11.7. The molecule has 0 radical (unpaired) electrons. The minimum atomic E-state index is -0.236. The van der Waals surface area contributed by atoms with Crippen molar-refractivity contribution >= 4 is 11.5 Å². The van der Waals surface area contributed by atoms with Crippen LogP contribution < -0.4 is 5.32 Å². The van der Waals surface area contributed by atoms with Crippen LogP contribution in [-0.4, -0.2) is 5.78 Å². The van der Waals surface area contributed by atoms with Gasteiger partial charge in [0.05, 0.1) is 0 Å². The summed E-state index contributed by atoms with van der Waals surface area (Å²) < 4.78 is 13.2. The van der Waals surface area contributed by atoms with Gasteiger partial charge in [0.2, 0.25) is 0 Å². The van der Waals surface area contributed by atoms with Crippen molar-refractivity contribution in [3.63, 3.8) is 0 Å². The van der Waals surface area contributed by atoms with Crippen molar-refractivity contribution in [3.05, 3.63) is 65.5 Å². The highest BCUT2D eigenvalue weighted by Gasteiger charge is 2.07. The first-order valence-corrected chi connectivity index (χ1v) is 6.75. The summed E-state index contributed by atoms with van der Waals surface area (Å²) >= 11 is 0. The van der Waals surface area contributed by atoms with E-state index in [1.54, 1.807) is 6.07 Å². The predicted octanol–water partition coefficient (Wildman–Crippen LogP) is 4.59. The highest BCUT2D eigenvalue weighted by atomic mass is 19.1. The van der Waals surface area contributed by atoms with Crippen LogP contribution in [-0.2, 0) is 0 Å². The fourth-order valence-electron chi connectivity index (χ4n) is 2.07. The zero-order valence-electron chi connectivity index (χ0n) is 11.7. The molecule has 0 saturated carbocycles. The van der Waals surface area contributed by atoms with Gasteiger partial charge in [-0.15, -0.1) is 0 Å². The number of halogens is 1. The molecule has 0 spiro atoms. The number of benzene rings is 2. The molecule has 2 aromatic rings. The van der Waals surface area contributed by atoms with Gasteiger partial charge in [0.1, 0.15) is 5.82 Å². The zero-order chi connectivity index (χ0) is 14.5. The number of hydrogen-bond acceptors (Lipinski definition) is 2. The molecule has 0 heterocycles. The molecule has 1 unspecified atom stereocenters. The Morgan fingerprint density at radius 3 is 2.50 bits per heavy atom. The summed E-state index contributed by atoms with van der Waals surface area (Å²) in [6.45, 7) is 3.82. The molecule has 2 nitrogen and oxygen atoms in total. The van der Waals surface area contributed by atoms with Crippen LogP contribution in [0.15, 0.2) is 48.5 Å². The van der Waals surface area contributed by atoms with Gasteiger partial charge < -0.3 is 5.32 Å². The third kappa shape index (κ3) is 3.44. The van der Waals surface area contributed by atoms with Crippen molar-refractivity contribution in [1.82, 2.24) is 0 Å². The van der Waals surface area contributed by atoms with Crippen LogP contribution in [0.2, 0.25) is 0 Å². The molecule has 0 aliphatic carbocycles. The van der Waals surface area contributed by atoms with Gasteiger partial charge in [0.15, 0.2) is 5.78 Å². The van der Waals surface area contributed by atoms with Crippen LogP contribution in [0, 0.1) is 5.82 Å². The van der Waals surface area contributed by atoms with Crippen LogP contribution in [0.5, 0.6) is 0 Å². The predicted molar refractivity (Wildman–Crippen MR) is 79.5 cm³/mol. The van der Waals surface area contributed by atoms with Gasteiger partial charge in [-0.1, -0.05) is 19.1 Å². The average molecular weight is 271 g/mol. The first-order chi connectivity index (χ1) is 9.60. The Labute approximate surface area is 118 Å². The quantitative estimate of drug-likeness (QED) is 0.806. The van der Waals surface area contributed by atoms with E-state index in [-0.39, 0.29) is 17.6 Å². The van der Waals surface area contributed by atoms with Crippen LogP contribution in [0.25, 0.3) is 0 Å². The molecule has 2 rings (SSSR count). The van der Waals surface area contributed by atoms with Gasteiger partial charge >= 0.3 is 0 Å². The highest BCUT2D eigenvalue weighted by molar-refractivity contribution is 5.96. The number of rotatable bonds is 5. The highest BCUT2D eigenvalue weighted by Crippen LogP contribution is 2.20. The van der Waals surface area contributed by atoms with E-state index in [1.807, 2.05) is 44.2 Å². The van der Waals surface area contributed by atoms with Gasteiger partial charge in [0.25, 0.3) is 0 Å². The van der Waals surface area contributed by atoms with Crippen LogP contribution in [0.1, 0.15) is 42.2 Å². The lowest BCUT2D eigenvalue weighted by atomic mass is 10.1. The maximum absolute atomic E-state index is 13.2. The van der Waals surface area contributed by atoms with Crippen molar-refractivity contribution in [1.29, 1.82) is 0 Å². The summed E-state index contributed by atoms with van der Waals surface area (Å²) in [6, 6.07) is 13.9. The lowest BCUT2D eigenvalue weighted by molar-refractivity contribution is 0.0988. The molecule has 2 aromatic carbocycles. The topological polar surface area (TPSA) is 29.1 Å². The molecule has 1 atom stereocenters. The molecule has 0 aliphatic heterocycles. The number of ketones is 1. The minimum Gasteiger partial charge on any atom is -0.379 e. The fourth-order valence-corrected chi connectivity index (χ4v) is 2.07. The average Bonchev–Trinajstić information content (AvgIpc) is 2.47. The van der Waals surface area contributed by atoms with E-state index in [2.05, 4.69) is 5.32 Å².